The van der Waals surface area contributed by atoms with Crippen LogP contribution in [0.2, 0.25) is 0 Å². The van der Waals surface area contributed by atoms with Crippen molar-refractivity contribution in [1.29, 1.82) is 0 Å². The fraction of sp³-hybridized carbons (Fsp3) is 0.333. The number of fused-ring (bicyclic) bond motifs is 1. The molecule has 172 valence electrons. The summed E-state index contributed by atoms with van der Waals surface area (Å²) in [5, 5.41) is 2.39. The number of ether oxygens (including phenoxy) is 1. The number of hydrogen-bond donors (Lipinski definition) is 1. The first kappa shape index (κ1) is 24.1. The van der Waals surface area contributed by atoms with Gasteiger partial charge in [0, 0.05) is 5.56 Å². The Labute approximate surface area is 194 Å². The van der Waals surface area contributed by atoms with Gasteiger partial charge >= 0.3 is 5.97 Å². The van der Waals surface area contributed by atoms with Gasteiger partial charge in [-0.05, 0) is 51.3 Å². The highest BCUT2D eigenvalue weighted by Gasteiger charge is 2.49. The second-order valence-electron chi connectivity index (χ2n) is 9.64. The number of esters is 1. The molecule has 1 aliphatic rings. The molecule has 2 aromatic carbocycles. The maximum Gasteiger partial charge on any atom is 0.325 e. The smallest absolute Gasteiger partial charge is 0.325 e. The molecule has 0 fully saturated rings. The van der Waals surface area contributed by atoms with Gasteiger partial charge in [-0.1, -0.05) is 60.7 Å². The van der Waals surface area contributed by atoms with Crippen LogP contribution in [0.4, 0.5) is 0 Å². The van der Waals surface area contributed by atoms with Gasteiger partial charge in [0.15, 0.2) is 17.5 Å². The Morgan fingerprint density at radius 1 is 1.00 bits per heavy atom. The van der Waals surface area contributed by atoms with Crippen molar-refractivity contribution in [3.8, 4) is 0 Å². The Morgan fingerprint density at radius 2 is 1.64 bits per heavy atom. The SMILES string of the molecule is CC(C)(C)OC(=O)CNC(=O)C1C(=O)c2ccc(C=Cc3ccccc3)cc2C(C)(C)C1=O. The predicted molar refractivity (Wildman–Crippen MR) is 127 cm³/mol. The largest absolute Gasteiger partial charge is 0.459 e. The number of hydrogen-bond acceptors (Lipinski definition) is 5. The van der Waals surface area contributed by atoms with Crippen LogP contribution in [0.3, 0.4) is 0 Å². The molecule has 0 aromatic heterocycles. The quantitative estimate of drug-likeness (QED) is 0.426. The summed E-state index contributed by atoms with van der Waals surface area (Å²) in [6, 6.07) is 15.1. The van der Waals surface area contributed by atoms with Gasteiger partial charge in [0.1, 0.15) is 12.1 Å². The summed E-state index contributed by atoms with van der Waals surface area (Å²) >= 11 is 0. The van der Waals surface area contributed by atoms with Crippen molar-refractivity contribution >= 4 is 35.6 Å². The highest BCUT2D eigenvalue weighted by atomic mass is 16.6. The molecule has 1 aliphatic carbocycles. The number of amides is 1. The number of carbonyl (C=O) groups excluding carboxylic acids is 4. The van der Waals surface area contributed by atoms with E-state index in [1.54, 1.807) is 46.8 Å². The molecule has 1 amide bonds. The van der Waals surface area contributed by atoms with E-state index in [0.29, 0.717) is 11.1 Å². The van der Waals surface area contributed by atoms with Crippen molar-refractivity contribution < 1.29 is 23.9 Å². The van der Waals surface area contributed by atoms with Crippen LogP contribution in [-0.2, 0) is 24.5 Å². The molecule has 1 unspecified atom stereocenters. The fourth-order valence-electron chi connectivity index (χ4n) is 3.80. The van der Waals surface area contributed by atoms with E-state index >= 15 is 0 Å². The van der Waals surface area contributed by atoms with Crippen molar-refractivity contribution in [1.82, 2.24) is 5.32 Å². The van der Waals surface area contributed by atoms with Crippen molar-refractivity contribution in [2.75, 3.05) is 6.54 Å². The summed E-state index contributed by atoms with van der Waals surface area (Å²) in [5.74, 6) is -3.98. The monoisotopic (exact) mass is 447 g/mol. The lowest BCUT2D eigenvalue weighted by Gasteiger charge is -2.34. The van der Waals surface area contributed by atoms with E-state index in [4.69, 9.17) is 4.74 Å². The van der Waals surface area contributed by atoms with Crippen molar-refractivity contribution in [2.24, 2.45) is 5.92 Å². The maximum atomic E-state index is 13.2. The van der Waals surface area contributed by atoms with Gasteiger partial charge in [0.05, 0.1) is 5.41 Å². The molecule has 0 aliphatic heterocycles. The minimum Gasteiger partial charge on any atom is -0.459 e. The molecule has 33 heavy (non-hydrogen) atoms. The summed E-state index contributed by atoms with van der Waals surface area (Å²) in [6.45, 7) is 8.14. The van der Waals surface area contributed by atoms with Crippen molar-refractivity contribution in [3.63, 3.8) is 0 Å². The average molecular weight is 448 g/mol. The van der Waals surface area contributed by atoms with Crippen LogP contribution in [0.1, 0.15) is 61.7 Å². The fourth-order valence-corrected chi connectivity index (χ4v) is 3.80. The molecule has 6 nitrogen and oxygen atoms in total. The first-order valence-electron chi connectivity index (χ1n) is 10.9. The number of ketones is 2. The van der Waals surface area contributed by atoms with E-state index in [0.717, 1.165) is 11.1 Å². The molecule has 0 saturated carbocycles. The van der Waals surface area contributed by atoms with Gasteiger partial charge in [0.25, 0.3) is 0 Å². The molecule has 0 saturated heterocycles. The highest BCUT2D eigenvalue weighted by molar-refractivity contribution is 6.29. The zero-order valence-corrected chi connectivity index (χ0v) is 19.6. The van der Waals surface area contributed by atoms with Crippen LogP contribution in [0, 0.1) is 5.92 Å². The number of benzene rings is 2. The standard InChI is InChI=1S/C27H29NO5/c1-26(2,3)33-21(29)16-28-25(32)22-23(30)19-14-13-18(12-11-17-9-7-6-8-10-17)15-20(19)27(4,5)24(22)31/h6-15,22H,16H2,1-5H3,(H,28,32). The summed E-state index contributed by atoms with van der Waals surface area (Å²) < 4.78 is 5.16. The van der Waals surface area contributed by atoms with E-state index in [-0.39, 0.29) is 0 Å². The molecule has 1 N–H and O–H groups in total. The number of rotatable bonds is 5. The lowest BCUT2D eigenvalue weighted by Crippen LogP contribution is -2.51. The summed E-state index contributed by atoms with van der Waals surface area (Å²) in [4.78, 5) is 51.0. The lowest BCUT2D eigenvalue weighted by atomic mass is 9.66. The molecule has 0 spiro atoms. The van der Waals surface area contributed by atoms with Gasteiger partial charge in [-0.3, -0.25) is 19.2 Å². The third-order valence-corrected chi connectivity index (χ3v) is 5.48. The van der Waals surface area contributed by atoms with E-state index in [1.165, 1.54) is 0 Å². The first-order valence-corrected chi connectivity index (χ1v) is 10.9. The van der Waals surface area contributed by atoms with Gasteiger partial charge in [0.2, 0.25) is 5.91 Å². The molecular weight excluding hydrogens is 418 g/mol. The van der Waals surface area contributed by atoms with Crippen molar-refractivity contribution in [3.05, 3.63) is 70.8 Å². The minimum atomic E-state index is -1.50. The maximum absolute atomic E-state index is 13.2. The number of carbonyl (C=O) groups is 4. The van der Waals surface area contributed by atoms with Crippen molar-refractivity contribution in [2.45, 2.75) is 45.6 Å². The molecule has 3 rings (SSSR count). The molecule has 2 aromatic rings. The lowest BCUT2D eigenvalue weighted by molar-refractivity contribution is -0.155. The second-order valence-corrected chi connectivity index (χ2v) is 9.64. The summed E-state index contributed by atoms with van der Waals surface area (Å²) in [6.07, 6.45) is 3.87. The van der Waals surface area contributed by atoms with E-state index in [1.807, 2.05) is 48.6 Å². The van der Waals surface area contributed by atoms with Crippen LogP contribution >= 0.6 is 0 Å². The van der Waals surface area contributed by atoms with Gasteiger partial charge in [-0.2, -0.15) is 0 Å². The van der Waals surface area contributed by atoms with Crippen LogP contribution in [-0.4, -0.2) is 35.6 Å². The minimum absolute atomic E-state index is 0.342. The van der Waals surface area contributed by atoms with Gasteiger partial charge in [-0.15, -0.1) is 0 Å². The third kappa shape index (κ3) is 5.45. The first-order chi connectivity index (χ1) is 15.4. The Kier molecular flexibility index (Phi) is 6.68. The molecule has 6 heteroatoms. The zero-order chi connectivity index (χ0) is 24.4. The Bertz CT molecular complexity index is 1120. The Balaban J connectivity index is 1.83. The summed E-state index contributed by atoms with van der Waals surface area (Å²) in [7, 11) is 0. The van der Waals surface area contributed by atoms with Crippen LogP contribution < -0.4 is 5.32 Å². The third-order valence-electron chi connectivity index (χ3n) is 5.48. The Morgan fingerprint density at radius 3 is 2.27 bits per heavy atom. The Hall–Kier alpha value is -3.54. The van der Waals surface area contributed by atoms with Crippen LogP contribution in [0.25, 0.3) is 12.2 Å². The molecular formula is C27H29NO5. The van der Waals surface area contributed by atoms with Gasteiger partial charge < -0.3 is 10.1 Å². The summed E-state index contributed by atoms with van der Waals surface area (Å²) in [5.41, 5.74) is 1.06. The topological polar surface area (TPSA) is 89.5 Å². The van der Waals surface area contributed by atoms with Crippen LogP contribution in [0.15, 0.2) is 48.5 Å². The zero-order valence-electron chi connectivity index (χ0n) is 19.6. The normalized spacial score (nSPS) is 17.5. The molecule has 0 radical (unpaired) electrons. The second kappa shape index (κ2) is 9.14. The van der Waals surface area contributed by atoms with E-state index < -0.39 is 46.9 Å². The molecule has 1 atom stereocenters. The average Bonchev–Trinajstić information content (AvgIpc) is 2.75. The van der Waals surface area contributed by atoms with Gasteiger partial charge in [-0.25, -0.2) is 0 Å². The molecule has 0 heterocycles. The van der Waals surface area contributed by atoms with E-state index in [9.17, 15) is 19.2 Å². The number of Topliss-reactive ketones (excluding diaryl/α,β-unsaturated/α-hetero) is 2. The van der Waals surface area contributed by atoms with Crippen LogP contribution in [0.5, 0.6) is 0 Å². The highest BCUT2D eigenvalue weighted by Crippen LogP contribution is 2.38. The van der Waals surface area contributed by atoms with E-state index in [2.05, 4.69) is 5.32 Å². The molecule has 0 bridgehead atoms. The number of nitrogens with one attached hydrogen (secondary N) is 1. The predicted octanol–water partition coefficient (Wildman–Crippen LogP) is 3.97.